The van der Waals surface area contributed by atoms with Crippen molar-refractivity contribution in [2.75, 3.05) is 0 Å². The van der Waals surface area contributed by atoms with Crippen LogP contribution in [0.5, 0.6) is 0 Å². The molecule has 1 N–H and O–H groups in total. The number of thiophene rings is 1. The number of nitriles is 1. The quantitative estimate of drug-likeness (QED) is 0.690. The summed E-state index contributed by atoms with van der Waals surface area (Å²) in [4.78, 5) is 13.4. The minimum Gasteiger partial charge on any atom is -0.349 e. The summed E-state index contributed by atoms with van der Waals surface area (Å²) in [6.07, 6.45) is 3.49. The minimum absolute atomic E-state index is 0.0776. The Bertz CT molecular complexity index is 784. The second kappa shape index (κ2) is 6.12. The molecule has 0 saturated heterocycles. The summed E-state index contributed by atoms with van der Waals surface area (Å²) in [6, 6.07) is 12.3. The van der Waals surface area contributed by atoms with E-state index in [1.165, 1.54) is 17.4 Å². The molecular formula is C17H13FN2OS. The lowest BCUT2D eigenvalue weighted by molar-refractivity contribution is -0.117. The molecule has 0 radical (unpaired) electrons. The minimum atomic E-state index is -0.342. The maximum atomic E-state index is 13.8. The van der Waals surface area contributed by atoms with E-state index >= 15 is 0 Å². The predicted molar refractivity (Wildman–Crippen MR) is 84.5 cm³/mol. The Labute approximate surface area is 131 Å². The monoisotopic (exact) mass is 312 g/mol. The maximum Gasteiger partial charge on any atom is 0.262 e. The maximum absolute atomic E-state index is 13.8. The van der Waals surface area contributed by atoms with Gasteiger partial charge >= 0.3 is 0 Å². The van der Waals surface area contributed by atoms with Crippen LogP contribution in [0.25, 0.3) is 16.5 Å². The molecule has 1 aliphatic rings. The van der Waals surface area contributed by atoms with E-state index in [4.69, 9.17) is 5.26 Å². The van der Waals surface area contributed by atoms with E-state index in [-0.39, 0.29) is 23.3 Å². The average Bonchev–Trinajstić information content (AvgIpc) is 3.21. The van der Waals surface area contributed by atoms with Crippen molar-refractivity contribution in [1.29, 1.82) is 5.26 Å². The van der Waals surface area contributed by atoms with Crippen molar-refractivity contribution >= 4 is 23.3 Å². The van der Waals surface area contributed by atoms with E-state index < -0.39 is 0 Å². The highest BCUT2D eigenvalue weighted by Crippen LogP contribution is 2.31. The van der Waals surface area contributed by atoms with Crippen molar-refractivity contribution in [1.82, 2.24) is 5.32 Å². The first-order chi connectivity index (χ1) is 10.7. The van der Waals surface area contributed by atoms with Gasteiger partial charge in [-0.3, -0.25) is 4.79 Å². The Morgan fingerprint density at radius 1 is 1.32 bits per heavy atom. The molecule has 0 bridgehead atoms. The molecule has 1 aliphatic carbocycles. The van der Waals surface area contributed by atoms with Crippen molar-refractivity contribution in [3.63, 3.8) is 0 Å². The zero-order chi connectivity index (χ0) is 15.5. The third-order valence-electron chi connectivity index (χ3n) is 3.33. The fourth-order valence-electron chi connectivity index (χ4n) is 2.02. The highest BCUT2D eigenvalue weighted by atomic mass is 32.1. The number of rotatable bonds is 4. The molecule has 1 fully saturated rings. The Hall–Kier alpha value is -2.45. The lowest BCUT2D eigenvalue weighted by atomic mass is 10.2. The van der Waals surface area contributed by atoms with Crippen LogP contribution in [-0.2, 0) is 4.79 Å². The van der Waals surface area contributed by atoms with Gasteiger partial charge in [0.15, 0.2) is 0 Å². The third-order valence-corrected chi connectivity index (χ3v) is 4.40. The molecule has 0 aliphatic heterocycles. The number of benzene rings is 1. The van der Waals surface area contributed by atoms with Crippen molar-refractivity contribution in [3.8, 4) is 16.5 Å². The van der Waals surface area contributed by atoms with Crippen LogP contribution in [0.4, 0.5) is 4.39 Å². The molecule has 1 aromatic carbocycles. The predicted octanol–water partition coefficient (Wildman–Crippen LogP) is 3.74. The number of halogens is 1. The first kappa shape index (κ1) is 14.5. The van der Waals surface area contributed by atoms with E-state index in [2.05, 4.69) is 5.32 Å². The van der Waals surface area contributed by atoms with E-state index in [0.717, 1.165) is 22.6 Å². The molecule has 3 rings (SSSR count). The molecule has 0 atom stereocenters. The van der Waals surface area contributed by atoms with Gasteiger partial charge in [-0.1, -0.05) is 18.2 Å². The molecular weight excluding hydrogens is 299 g/mol. The summed E-state index contributed by atoms with van der Waals surface area (Å²) in [5, 5.41) is 11.9. The topological polar surface area (TPSA) is 52.9 Å². The van der Waals surface area contributed by atoms with Crippen LogP contribution in [0.15, 0.2) is 42.0 Å². The summed E-state index contributed by atoms with van der Waals surface area (Å²) in [5.41, 5.74) is 0.599. The molecule has 1 amide bonds. The SMILES string of the molecule is N#C/C(=C\c1ccc(-c2ccccc2F)s1)C(=O)NC1CC1. The van der Waals surface area contributed by atoms with Crippen molar-refractivity contribution in [3.05, 3.63) is 52.7 Å². The highest BCUT2D eigenvalue weighted by Gasteiger charge is 2.24. The third kappa shape index (κ3) is 3.23. The molecule has 1 saturated carbocycles. The number of carbonyl (C=O) groups excluding carboxylic acids is 1. The van der Waals surface area contributed by atoms with Crippen LogP contribution in [0.2, 0.25) is 0 Å². The molecule has 0 spiro atoms. The van der Waals surface area contributed by atoms with Gasteiger partial charge in [0.2, 0.25) is 0 Å². The summed E-state index contributed by atoms with van der Waals surface area (Å²) < 4.78 is 13.8. The van der Waals surface area contributed by atoms with Gasteiger partial charge in [-0.2, -0.15) is 5.26 Å². The van der Waals surface area contributed by atoms with Gasteiger partial charge in [-0.05, 0) is 37.1 Å². The summed E-state index contributed by atoms with van der Waals surface area (Å²) in [6.45, 7) is 0. The molecule has 0 unspecified atom stereocenters. The van der Waals surface area contributed by atoms with Crippen LogP contribution in [0.3, 0.4) is 0 Å². The van der Waals surface area contributed by atoms with Gasteiger partial charge in [0.25, 0.3) is 5.91 Å². The summed E-state index contributed by atoms with van der Waals surface area (Å²) in [7, 11) is 0. The normalized spacial score (nSPS) is 14.5. The van der Waals surface area contributed by atoms with Crippen LogP contribution in [0, 0.1) is 17.1 Å². The molecule has 110 valence electrons. The van der Waals surface area contributed by atoms with E-state index in [1.807, 2.05) is 6.07 Å². The van der Waals surface area contributed by atoms with Gasteiger partial charge < -0.3 is 5.32 Å². The lowest BCUT2D eigenvalue weighted by Crippen LogP contribution is -2.26. The van der Waals surface area contributed by atoms with Crippen molar-refractivity contribution in [2.24, 2.45) is 0 Å². The fraction of sp³-hybridized carbons (Fsp3) is 0.176. The molecule has 5 heteroatoms. The zero-order valence-corrected chi connectivity index (χ0v) is 12.5. The molecule has 3 nitrogen and oxygen atoms in total. The average molecular weight is 312 g/mol. The van der Waals surface area contributed by atoms with Crippen LogP contribution >= 0.6 is 11.3 Å². The lowest BCUT2D eigenvalue weighted by Gasteiger charge is -2.00. The number of amides is 1. The number of hydrogen-bond donors (Lipinski definition) is 1. The van der Waals surface area contributed by atoms with Crippen LogP contribution < -0.4 is 5.32 Å². The second-order valence-corrected chi connectivity index (χ2v) is 6.21. The molecule has 1 heterocycles. The summed E-state index contributed by atoms with van der Waals surface area (Å²) in [5.74, 6) is -0.627. The largest absolute Gasteiger partial charge is 0.349 e. The van der Waals surface area contributed by atoms with Gasteiger partial charge in [0.05, 0.1) is 0 Å². The number of carbonyl (C=O) groups is 1. The number of nitrogens with zero attached hydrogens (tertiary/aromatic N) is 1. The molecule has 22 heavy (non-hydrogen) atoms. The molecule has 2 aromatic rings. The van der Waals surface area contributed by atoms with E-state index in [1.54, 1.807) is 36.4 Å². The molecule has 1 aromatic heterocycles. The van der Waals surface area contributed by atoms with Gasteiger partial charge in [0, 0.05) is 21.4 Å². The number of nitrogens with one attached hydrogen (secondary N) is 1. The van der Waals surface area contributed by atoms with E-state index in [0.29, 0.717) is 5.56 Å². The first-order valence-corrected chi connectivity index (χ1v) is 7.76. The Kier molecular flexibility index (Phi) is 4.03. The van der Waals surface area contributed by atoms with Gasteiger partial charge in [0.1, 0.15) is 17.5 Å². The van der Waals surface area contributed by atoms with Crippen molar-refractivity contribution in [2.45, 2.75) is 18.9 Å². The van der Waals surface area contributed by atoms with E-state index in [9.17, 15) is 9.18 Å². The Morgan fingerprint density at radius 3 is 2.77 bits per heavy atom. The number of hydrogen-bond acceptors (Lipinski definition) is 3. The van der Waals surface area contributed by atoms with Crippen molar-refractivity contribution < 1.29 is 9.18 Å². The zero-order valence-electron chi connectivity index (χ0n) is 11.7. The fourth-order valence-corrected chi connectivity index (χ4v) is 3.00. The van der Waals surface area contributed by atoms with Crippen LogP contribution in [-0.4, -0.2) is 11.9 Å². The summed E-state index contributed by atoms with van der Waals surface area (Å²) >= 11 is 1.35. The smallest absolute Gasteiger partial charge is 0.262 e. The first-order valence-electron chi connectivity index (χ1n) is 6.95. The standard InChI is InChI=1S/C17H13FN2OS/c18-15-4-2-1-3-14(15)16-8-7-13(22-16)9-11(10-19)17(21)20-12-5-6-12/h1-4,7-9,12H,5-6H2,(H,20,21)/b11-9+. The van der Waals surface area contributed by atoms with Gasteiger partial charge in [-0.15, -0.1) is 11.3 Å². The Balaban J connectivity index is 1.83. The Morgan fingerprint density at radius 2 is 2.09 bits per heavy atom. The van der Waals surface area contributed by atoms with Crippen LogP contribution in [0.1, 0.15) is 17.7 Å². The highest BCUT2D eigenvalue weighted by molar-refractivity contribution is 7.16. The van der Waals surface area contributed by atoms with Gasteiger partial charge in [-0.25, -0.2) is 4.39 Å². The second-order valence-electron chi connectivity index (χ2n) is 5.10.